The van der Waals surface area contributed by atoms with Crippen molar-refractivity contribution in [1.29, 1.82) is 0 Å². The molecule has 1 aliphatic heterocycles. The van der Waals surface area contributed by atoms with Crippen LogP contribution in [-0.2, 0) is 4.79 Å². The van der Waals surface area contributed by atoms with Gasteiger partial charge in [0, 0.05) is 30.6 Å². The van der Waals surface area contributed by atoms with Crippen LogP contribution in [0, 0.1) is 5.92 Å². The van der Waals surface area contributed by atoms with Gasteiger partial charge in [-0.2, -0.15) is 0 Å². The Labute approximate surface area is 106 Å². The Morgan fingerprint density at radius 1 is 1.53 bits per heavy atom. The highest BCUT2D eigenvalue weighted by Gasteiger charge is 2.29. The summed E-state index contributed by atoms with van der Waals surface area (Å²) < 4.78 is 5.43. The van der Waals surface area contributed by atoms with Gasteiger partial charge in [0.25, 0.3) is 0 Å². The number of halogens is 1. The SMILES string of the molecule is CCOc1cccc(N2CC(CCl)CC2=O)c1. The van der Waals surface area contributed by atoms with Crippen LogP contribution in [0.15, 0.2) is 24.3 Å². The van der Waals surface area contributed by atoms with Gasteiger partial charge in [-0.15, -0.1) is 11.6 Å². The third-order valence-corrected chi connectivity index (χ3v) is 3.30. The van der Waals surface area contributed by atoms with Crippen LogP contribution in [0.1, 0.15) is 13.3 Å². The first-order chi connectivity index (χ1) is 8.24. The minimum atomic E-state index is 0.143. The second kappa shape index (κ2) is 5.41. The van der Waals surface area contributed by atoms with Crippen LogP contribution in [0.3, 0.4) is 0 Å². The van der Waals surface area contributed by atoms with Gasteiger partial charge in [-0.25, -0.2) is 0 Å². The van der Waals surface area contributed by atoms with Crippen molar-refractivity contribution in [2.24, 2.45) is 5.92 Å². The van der Waals surface area contributed by atoms with Crippen LogP contribution in [0.25, 0.3) is 0 Å². The van der Waals surface area contributed by atoms with Crippen LogP contribution < -0.4 is 9.64 Å². The largest absolute Gasteiger partial charge is 0.494 e. The summed E-state index contributed by atoms with van der Waals surface area (Å²) in [6.45, 7) is 3.27. The van der Waals surface area contributed by atoms with Crippen molar-refractivity contribution >= 4 is 23.2 Å². The second-order valence-electron chi connectivity index (χ2n) is 4.16. The predicted molar refractivity (Wildman–Crippen MR) is 68.8 cm³/mol. The minimum absolute atomic E-state index is 0.143. The number of carbonyl (C=O) groups is 1. The van der Waals surface area contributed by atoms with Crippen molar-refractivity contribution in [3.05, 3.63) is 24.3 Å². The summed E-state index contributed by atoms with van der Waals surface area (Å²) in [5, 5.41) is 0. The molecule has 1 amide bonds. The van der Waals surface area contributed by atoms with Crippen molar-refractivity contribution in [1.82, 2.24) is 0 Å². The topological polar surface area (TPSA) is 29.5 Å². The fraction of sp³-hybridized carbons (Fsp3) is 0.462. The highest BCUT2D eigenvalue weighted by atomic mass is 35.5. The number of rotatable bonds is 4. The molecule has 1 aliphatic rings. The molecule has 1 heterocycles. The molecule has 1 aromatic rings. The molecule has 0 spiro atoms. The van der Waals surface area contributed by atoms with Gasteiger partial charge >= 0.3 is 0 Å². The zero-order chi connectivity index (χ0) is 12.3. The number of amides is 1. The lowest BCUT2D eigenvalue weighted by Gasteiger charge is -2.17. The normalized spacial score (nSPS) is 19.8. The molecule has 1 atom stereocenters. The van der Waals surface area contributed by atoms with E-state index in [0.29, 0.717) is 25.5 Å². The van der Waals surface area contributed by atoms with E-state index in [2.05, 4.69) is 0 Å². The summed E-state index contributed by atoms with van der Waals surface area (Å²) in [7, 11) is 0. The molecule has 0 radical (unpaired) electrons. The number of carbonyl (C=O) groups excluding carboxylic acids is 1. The number of anilines is 1. The molecule has 4 heteroatoms. The van der Waals surface area contributed by atoms with Gasteiger partial charge in [-0.3, -0.25) is 4.79 Å². The van der Waals surface area contributed by atoms with E-state index in [0.717, 1.165) is 11.4 Å². The van der Waals surface area contributed by atoms with Crippen LogP contribution in [0.4, 0.5) is 5.69 Å². The summed E-state index contributed by atoms with van der Waals surface area (Å²) in [5.74, 6) is 1.74. The number of hydrogen-bond donors (Lipinski definition) is 0. The van der Waals surface area contributed by atoms with Gasteiger partial charge in [0.05, 0.1) is 6.61 Å². The molecule has 92 valence electrons. The third kappa shape index (κ3) is 2.72. The van der Waals surface area contributed by atoms with Gasteiger partial charge in [0.1, 0.15) is 5.75 Å². The molecule has 3 nitrogen and oxygen atoms in total. The Hall–Kier alpha value is -1.22. The van der Waals surface area contributed by atoms with Crippen molar-refractivity contribution in [2.45, 2.75) is 13.3 Å². The molecular formula is C13H16ClNO2. The summed E-state index contributed by atoms with van der Waals surface area (Å²) in [6, 6.07) is 7.63. The number of alkyl halides is 1. The van der Waals surface area contributed by atoms with Gasteiger partial charge in [0.15, 0.2) is 0 Å². The summed E-state index contributed by atoms with van der Waals surface area (Å²) in [4.78, 5) is 13.6. The molecule has 0 bridgehead atoms. The zero-order valence-electron chi connectivity index (χ0n) is 9.86. The molecule has 0 saturated carbocycles. The Morgan fingerprint density at radius 2 is 2.35 bits per heavy atom. The Balaban J connectivity index is 2.16. The monoisotopic (exact) mass is 253 g/mol. The Kier molecular flexibility index (Phi) is 3.89. The van der Waals surface area contributed by atoms with Crippen LogP contribution in [0.5, 0.6) is 5.75 Å². The molecule has 1 unspecified atom stereocenters. The fourth-order valence-corrected chi connectivity index (χ4v) is 2.25. The van der Waals surface area contributed by atoms with E-state index in [4.69, 9.17) is 16.3 Å². The van der Waals surface area contributed by atoms with E-state index in [1.54, 1.807) is 4.90 Å². The van der Waals surface area contributed by atoms with Gasteiger partial charge < -0.3 is 9.64 Å². The molecular weight excluding hydrogens is 238 g/mol. The molecule has 1 saturated heterocycles. The molecule has 1 aromatic carbocycles. The average molecular weight is 254 g/mol. The number of benzene rings is 1. The van der Waals surface area contributed by atoms with E-state index in [1.165, 1.54) is 0 Å². The molecule has 2 rings (SSSR count). The Bertz CT molecular complexity index is 408. The standard InChI is InChI=1S/C13H16ClNO2/c1-2-17-12-5-3-4-11(7-12)15-9-10(8-14)6-13(15)16/h3-5,7,10H,2,6,8-9H2,1H3. The van der Waals surface area contributed by atoms with Crippen molar-refractivity contribution < 1.29 is 9.53 Å². The van der Waals surface area contributed by atoms with E-state index in [-0.39, 0.29) is 11.8 Å². The van der Waals surface area contributed by atoms with E-state index in [1.807, 2.05) is 31.2 Å². The first-order valence-corrected chi connectivity index (χ1v) is 6.37. The van der Waals surface area contributed by atoms with Crippen LogP contribution >= 0.6 is 11.6 Å². The van der Waals surface area contributed by atoms with Gasteiger partial charge in [-0.05, 0) is 25.0 Å². The van der Waals surface area contributed by atoms with Gasteiger partial charge in [-0.1, -0.05) is 6.07 Å². The second-order valence-corrected chi connectivity index (χ2v) is 4.47. The first-order valence-electron chi connectivity index (χ1n) is 5.83. The highest BCUT2D eigenvalue weighted by molar-refractivity contribution is 6.18. The number of ether oxygens (including phenoxy) is 1. The molecule has 1 fully saturated rings. The number of nitrogens with zero attached hydrogens (tertiary/aromatic N) is 1. The van der Waals surface area contributed by atoms with Crippen LogP contribution in [0.2, 0.25) is 0 Å². The quantitative estimate of drug-likeness (QED) is 0.772. The molecule has 17 heavy (non-hydrogen) atoms. The molecule has 0 aliphatic carbocycles. The fourth-order valence-electron chi connectivity index (χ4n) is 2.04. The Morgan fingerprint density at radius 3 is 3.00 bits per heavy atom. The van der Waals surface area contributed by atoms with E-state index >= 15 is 0 Å². The first kappa shape index (κ1) is 12.2. The molecule has 0 aromatic heterocycles. The minimum Gasteiger partial charge on any atom is -0.494 e. The lowest BCUT2D eigenvalue weighted by molar-refractivity contribution is -0.117. The summed E-state index contributed by atoms with van der Waals surface area (Å²) >= 11 is 5.80. The predicted octanol–water partition coefficient (Wildman–Crippen LogP) is 2.68. The maximum atomic E-state index is 11.8. The van der Waals surface area contributed by atoms with E-state index < -0.39 is 0 Å². The lowest BCUT2D eigenvalue weighted by Crippen LogP contribution is -2.24. The lowest BCUT2D eigenvalue weighted by atomic mass is 10.1. The third-order valence-electron chi connectivity index (χ3n) is 2.86. The smallest absolute Gasteiger partial charge is 0.227 e. The number of hydrogen-bond acceptors (Lipinski definition) is 2. The van der Waals surface area contributed by atoms with Crippen molar-refractivity contribution in [3.63, 3.8) is 0 Å². The summed E-state index contributed by atoms with van der Waals surface area (Å²) in [5.41, 5.74) is 0.897. The zero-order valence-corrected chi connectivity index (χ0v) is 10.6. The maximum Gasteiger partial charge on any atom is 0.227 e. The van der Waals surface area contributed by atoms with Crippen molar-refractivity contribution in [3.8, 4) is 5.75 Å². The highest BCUT2D eigenvalue weighted by Crippen LogP contribution is 2.28. The van der Waals surface area contributed by atoms with E-state index in [9.17, 15) is 4.79 Å². The molecule has 0 N–H and O–H groups in total. The average Bonchev–Trinajstić information content (AvgIpc) is 2.71. The summed E-state index contributed by atoms with van der Waals surface area (Å²) in [6.07, 6.45) is 0.544. The van der Waals surface area contributed by atoms with Gasteiger partial charge in [0.2, 0.25) is 5.91 Å². The van der Waals surface area contributed by atoms with Crippen LogP contribution in [-0.4, -0.2) is 24.9 Å². The van der Waals surface area contributed by atoms with Crippen molar-refractivity contribution in [2.75, 3.05) is 23.9 Å². The maximum absolute atomic E-state index is 11.8.